The highest BCUT2D eigenvalue weighted by Gasteiger charge is 2.55. The standard InChI is InChI=1S/C30H37ClFN3/c31-27-5-2-24(32)14-26(27)28-6-4-25(33-34-28)3-1-23-18-30(23)7-9-35(10-8-30)19-29-15-20-11-21(16-29)13-22(12-20)17-29/h2,4-6,14,20-23H,1,3,7-13,15-19H2/t20?,21?,22?,23-,29?/m1/s1. The van der Waals surface area contributed by atoms with Crippen LogP contribution in [0, 0.1) is 40.3 Å². The van der Waals surface area contributed by atoms with Gasteiger partial charge in [-0.25, -0.2) is 4.39 Å². The molecule has 2 heterocycles. The average molecular weight is 494 g/mol. The van der Waals surface area contributed by atoms with Crippen LogP contribution in [0.5, 0.6) is 0 Å². The average Bonchev–Trinajstić information content (AvgIpc) is 3.52. The van der Waals surface area contributed by atoms with Crippen LogP contribution in [0.3, 0.4) is 0 Å². The van der Waals surface area contributed by atoms with Gasteiger partial charge in [0.2, 0.25) is 0 Å². The number of aromatic nitrogens is 2. The van der Waals surface area contributed by atoms with E-state index in [2.05, 4.69) is 15.1 Å². The van der Waals surface area contributed by atoms with Crippen LogP contribution in [0.25, 0.3) is 11.3 Å². The molecule has 6 aliphatic rings. The molecule has 5 heteroatoms. The van der Waals surface area contributed by atoms with Crippen molar-refractivity contribution in [1.82, 2.24) is 15.1 Å². The quantitative estimate of drug-likeness (QED) is 0.426. The molecule has 4 bridgehead atoms. The second-order valence-corrected chi connectivity index (χ2v) is 13.4. The van der Waals surface area contributed by atoms with E-state index in [1.807, 2.05) is 12.1 Å². The highest BCUT2D eigenvalue weighted by Crippen LogP contribution is 2.63. The molecule has 2 aromatic rings. The normalized spacial score (nSPS) is 35.0. The van der Waals surface area contributed by atoms with Crippen LogP contribution in [0.1, 0.15) is 69.9 Å². The fraction of sp³-hybridized carbons (Fsp3) is 0.667. The number of nitrogens with zero attached hydrogens (tertiary/aromatic N) is 3. The Morgan fingerprint density at radius 2 is 1.63 bits per heavy atom. The Morgan fingerprint density at radius 3 is 2.29 bits per heavy atom. The van der Waals surface area contributed by atoms with E-state index in [9.17, 15) is 4.39 Å². The SMILES string of the molecule is Fc1ccc(Cl)c(-c2ccc(CC[C@@H]3CC34CCN(CC35CC6CC(CC(C6)C3)C5)CC4)nn2)c1. The summed E-state index contributed by atoms with van der Waals surface area (Å²) >= 11 is 6.22. The smallest absolute Gasteiger partial charge is 0.123 e. The van der Waals surface area contributed by atoms with Gasteiger partial charge in [0.15, 0.2) is 0 Å². The maximum absolute atomic E-state index is 13.6. The van der Waals surface area contributed by atoms with Crippen molar-refractivity contribution in [2.24, 2.45) is 34.5 Å². The lowest BCUT2D eigenvalue weighted by atomic mass is 9.49. The number of likely N-dealkylation sites (tertiary alicyclic amines) is 1. The van der Waals surface area contributed by atoms with Gasteiger partial charge in [0, 0.05) is 12.1 Å². The van der Waals surface area contributed by atoms with Crippen LogP contribution in [-0.4, -0.2) is 34.7 Å². The molecule has 35 heavy (non-hydrogen) atoms. The van der Waals surface area contributed by atoms with Crippen LogP contribution in [-0.2, 0) is 6.42 Å². The second kappa shape index (κ2) is 8.52. The first-order valence-corrected chi connectivity index (χ1v) is 14.4. The summed E-state index contributed by atoms with van der Waals surface area (Å²) in [4.78, 5) is 2.86. The third kappa shape index (κ3) is 4.33. The Hall–Kier alpha value is -1.52. The summed E-state index contributed by atoms with van der Waals surface area (Å²) in [5.74, 6) is 3.73. The minimum Gasteiger partial charge on any atom is -0.303 e. The summed E-state index contributed by atoms with van der Waals surface area (Å²) < 4.78 is 13.6. The zero-order chi connectivity index (χ0) is 23.6. The lowest BCUT2D eigenvalue weighted by Crippen LogP contribution is -2.52. The molecule has 1 aliphatic heterocycles. The summed E-state index contributed by atoms with van der Waals surface area (Å²) in [5, 5.41) is 9.28. The molecule has 3 nitrogen and oxygen atoms in total. The van der Waals surface area contributed by atoms with E-state index in [0.717, 1.165) is 35.8 Å². The van der Waals surface area contributed by atoms with Crippen molar-refractivity contribution in [2.75, 3.05) is 19.6 Å². The molecule has 1 saturated heterocycles. The van der Waals surface area contributed by atoms with Crippen LogP contribution < -0.4 is 0 Å². The lowest BCUT2D eigenvalue weighted by Gasteiger charge is -2.58. The van der Waals surface area contributed by atoms with Gasteiger partial charge in [-0.2, -0.15) is 10.2 Å². The third-order valence-corrected chi connectivity index (χ3v) is 10.9. The van der Waals surface area contributed by atoms with Crippen molar-refractivity contribution in [3.8, 4) is 11.3 Å². The van der Waals surface area contributed by atoms with E-state index in [4.69, 9.17) is 11.6 Å². The van der Waals surface area contributed by atoms with Gasteiger partial charge in [-0.15, -0.1) is 0 Å². The van der Waals surface area contributed by atoms with Crippen LogP contribution in [0.4, 0.5) is 4.39 Å². The van der Waals surface area contributed by atoms with E-state index in [1.165, 1.54) is 76.7 Å². The predicted octanol–water partition coefficient (Wildman–Crippen LogP) is 7.19. The van der Waals surface area contributed by atoms with Gasteiger partial charge in [0.1, 0.15) is 5.82 Å². The van der Waals surface area contributed by atoms with Crippen molar-refractivity contribution >= 4 is 11.6 Å². The molecule has 1 aromatic heterocycles. The zero-order valence-corrected chi connectivity index (χ0v) is 21.4. The number of rotatable bonds is 6. The molecule has 0 N–H and O–H groups in total. The Bertz CT molecular complexity index is 1060. The number of hydrogen-bond acceptors (Lipinski definition) is 3. The topological polar surface area (TPSA) is 29.0 Å². The first-order chi connectivity index (χ1) is 17.0. The Balaban J connectivity index is 0.907. The first kappa shape index (κ1) is 22.7. The zero-order valence-electron chi connectivity index (χ0n) is 20.7. The van der Waals surface area contributed by atoms with Crippen molar-refractivity contribution in [2.45, 2.75) is 70.6 Å². The first-order valence-electron chi connectivity index (χ1n) is 14.0. The Kier molecular flexibility index (Phi) is 5.51. The third-order valence-electron chi connectivity index (χ3n) is 10.6. The second-order valence-electron chi connectivity index (χ2n) is 13.0. The molecule has 0 amide bonds. The molecule has 5 aliphatic carbocycles. The summed E-state index contributed by atoms with van der Waals surface area (Å²) in [7, 11) is 0. The minimum atomic E-state index is -0.307. The van der Waals surface area contributed by atoms with E-state index in [-0.39, 0.29) is 5.82 Å². The molecule has 1 atom stereocenters. The number of aryl methyl sites for hydroxylation is 1. The summed E-state index contributed by atoms with van der Waals surface area (Å²) in [6.45, 7) is 4.04. The van der Waals surface area contributed by atoms with Crippen molar-refractivity contribution < 1.29 is 4.39 Å². The molecular weight excluding hydrogens is 457 g/mol. The summed E-state index contributed by atoms with van der Waals surface area (Å²) in [6.07, 6.45) is 15.7. The van der Waals surface area contributed by atoms with Crippen molar-refractivity contribution in [1.29, 1.82) is 0 Å². The van der Waals surface area contributed by atoms with Gasteiger partial charge < -0.3 is 4.90 Å². The van der Waals surface area contributed by atoms with Gasteiger partial charge in [0.05, 0.1) is 16.4 Å². The Morgan fingerprint density at radius 1 is 0.914 bits per heavy atom. The largest absolute Gasteiger partial charge is 0.303 e. The molecule has 0 radical (unpaired) electrons. The number of halogens is 2. The number of benzene rings is 1. The van der Waals surface area contributed by atoms with Crippen LogP contribution in [0.2, 0.25) is 5.02 Å². The Labute approximate surface area is 213 Å². The fourth-order valence-corrected chi connectivity index (χ4v) is 9.43. The number of piperidine rings is 1. The minimum absolute atomic E-state index is 0.307. The molecular formula is C30H37ClFN3. The van der Waals surface area contributed by atoms with Gasteiger partial charge in [-0.05, 0) is 149 Å². The molecule has 186 valence electrons. The molecule has 0 unspecified atom stereocenters. The van der Waals surface area contributed by atoms with Gasteiger partial charge in [-0.3, -0.25) is 0 Å². The van der Waals surface area contributed by atoms with E-state index >= 15 is 0 Å². The van der Waals surface area contributed by atoms with Gasteiger partial charge >= 0.3 is 0 Å². The predicted molar refractivity (Wildman–Crippen MR) is 138 cm³/mol. The van der Waals surface area contributed by atoms with Gasteiger partial charge in [-0.1, -0.05) is 11.6 Å². The van der Waals surface area contributed by atoms with Crippen molar-refractivity contribution in [3.63, 3.8) is 0 Å². The van der Waals surface area contributed by atoms with Crippen molar-refractivity contribution in [3.05, 3.63) is 46.9 Å². The molecule has 8 rings (SSSR count). The molecule has 1 spiro atoms. The highest BCUT2D eigenvalue weighted by molar-refractivity contribution is 6.33. The maximum atomic E-state index is 13.6. The van der Waals surface area contributed by atoms with Gasteiger partial charge in [0.25, 0.3) is 0 Å². The monoisotopic (exact) mass is 493 g/mol. The highest BCUT2D eigenvalue weighted by atomic mass is 35.5. The number of hydrogen-bond donors (Lipinski definition) is 0. The van der Waals surface area contributed by atoms with Crippen LogP contribution >= 0.6 is 11.6 Å². The lowest BCUT2D eigenvalue weighted by molar-refractivity contribution is -0.0732. The maximum Gasteiger partial charge on any atom is 0.123 e. The van der Waals surface area contributed by atoms with E-state index in [0.29, 0.717) is 27.1 Å². The molecule has 6 fully saturated rings. The summed E-state index contributed by atoms with van der Waals surface area (Å²) in [5.41, 5.74) is 3.56. The van der Waals surface area contributed by atoms with Crippen LogP contribution in [0.15, 0.2) is 30.3 Å². The molecule has 5 saturated carbocycles. The fourth-order valence-electron chi connectivity index (χ4n) is 9.22. The van der Waals surface area contributed by atoms with E-state index < -0.39 is 0 Å². The molecule has 1 aromatic carbocycles. The summed E-state index contributed by atoms with van der Waals surface area (Å²) in [6, 6.07) is 8.33. The van der Waals surface area contributed by atoms with E-state index in [1.54, 1.807) is 25.3 Å².